The Hall–Kier alpha value is -2.50. The number of nitrogens with one attached hydrogen (secondary N) is 3. The summed E-state index contributed by atoms with van der Waals surface area (Å²) in [4.78, 5) is 14.4. The quantitative estimate of drug-likeness (QED) is 0.784. The highest BCUT2D eigenvalue weighted by molar-refractivity contribution is 5.74. The average molecular weight is 339 g/mol. The van der Waals surface area contributed by atoms with Gasteiger partial charge in [-0.1, -0.05) is 30.3 Å². The first-order valence-electron chi connectivity index (χ1n) is 9.16. The zero-order chi connectivity index (χ0) is 17.1. The van der Waals surface area contributed by atoms with Crippen molar-refractivity contribution in [3.05, 3.63) is 47.7 Å². The van der Waals surface area contributed by atoms with E-state index in [0.717, 1.165) is 37.3 Å². The maximum Gasteiger partial charge on any atom is 0.315 e. The topological polar surface area (TPSA) is 73.1 Å². The van der Waals surface area contributed by atoms with Gasteiger partial charge in [0.1, 0.15) is 0 Å². The third kappa shape index (κ3) is 4.13. The number of amides is 2. The van der Waals surface area contributed by atoms with E-state index < -0.39 is 0 Å². The highest BCUT2D eigenvalue weighted by Gasteiger charge is 2.27. The first kappa shape index (κ1) is 16.0. The van der Waals surface area contributed by atoms with E-state index in [9.17, 15) is 4.79 Å². The summed E-state index contributed by atoms with van der Waals surface area (Å²) < 4.78 is 0. The van der Waals surface area contributed by atoms with Crippen LogP contribution in [0.5, 0.6) is 0 Å². The van der Waals surface area contributed by atoms with E-state index in [2.05, 4.69) is 31.8 Å². The Morgan fingerprint density at radius 3 is 2.64 bits per heavy atom. The predicted octanol–water partition coefficient (Wildman–Crippen LogP) is 2.76. The molecule has 0 radical (unpaired) electrons. The largest absolute Gasteiger partial charge is 0.355 e. The Morgan fingerprint density at radius 2 is 1.92 bits per heavy atom. The SMILES string of the molecule is O=C(NCc1ccccc1)NC1CCN(c2cc(C3CC3)[nH]n2)CC1. The number of rotatable bonds is 5. The third-order valence-electron chi connectivity index (χ3n) is 5.05. The molecule has 1 saturated heterocycles. The van der Waals surface area contributed by atoms with Gasteiger partial charge in [0.15, 0.2) is 5.82 Å². The number of carbonyl (C=O) groups excluding carboxylic acids is 1. The Bertz CT molecular complexity index is 702. The van der Waals surface area contributed by atoms with Gasteiger partial charge in [-0.2, -0.15) is 5.10 Å². The lowest BCUT2D eigenvalue weighted by Gasteiger charge is -2.32. The second kappa shape index (κ2) is 7.17. The number of anilines is 1. The van der Waals surface area contributed by atoms with E-state index in [1.807, 2.05) is 30.3 Å². The molecule has 1 aliphatic heterocycles. The number of urea groups is 1. The number of aromatic nitrogens is 2. The van der Waals surface area contributed by atoms with Gasteiger partial charge in [-0.3, -0.25) is 5.10 Å². The van der Waals surface area contributed by atoms with Gasteiger partial charge in [0.2, 0.25) is 0 Å². The molecule has 2 fully saturated rings. The van der Waals surface area contributed by atoms with Crippen LogP contribution in [-0.2, 0) is 6.54 Å². The summed E-state index contributed by atoms with van der Waals surface area (Å²) in [5.74, 6) is 1.75. The number of hydrogen-bond acceptors (Lipinski definition) is 3. The number of carbonyl (C=O) groups is 1. The van der Waals surface area contributed by atoms with Crippen molar-refractivity contribution in [3.63, 3.8) is 0 Å². The fourth-order valence-corrected chi connectivity index (χ4v) is 3.36. The average Bonchev–Trinajstić information content (AvgIpc) is 3.39. The molecule has 2 amide bonds. The Balaban J connectivity index is 1.21. The van der Waals surface area contributed by atoms with Gasteiger partial charge in [0.25, 0.3) is 0 Å². The molecule has 2 aromatic rings. The second-order valence-corrected chi connectivity index (χ2v) is 7.03. The third-order valence-corrected chi connectivity index (χ3v) is 5.05. The molecule has 1 aliphatic carbocycles. The molecule has 0 unspecified atom stereocenters. The van der Waals surface area contributed by atoms with Gasteiger partial charge in [-0.05, 0) is 31.2 Å². The number of piperidine rings is 1. The maximum atomic E-state index is 12.1. The van der Waals surface area contributed by atoms with Crippen LogP contribution in [0.15, 0.2) is 36.4 Å². The molecule has 2 heterocycles. The summed E-state index contributed by atoms with van der Waals surface area (Å²) in [7, 11) is 0. The smallest absolute Gasteiger partial charge is 0.315 e. The normalized spacial score (nSPS) is 18.2. The molecule has 1 aromatic carbocycles. The Kier molecular flexibility index (Phi) is 4.59. The molecule has 6 nitrogen and oxygen atoms in total. The van der Waals surface area contributed by atoms with Crippen molar-refractivity contribution < 1.29 is 4.79 Å². The summed E-state index contributed by atoms with van der Waals surface area (Å²) in [6, 6.07) is 12.3. The van der Waals surface area contributed by atoms with E-state index in [0.29, 0.717) is 12.5 Å². The van der Waals surface area contributed by atoms with Gasteiger partial charge in [0, 0.05) is 43.4 Å². The van der Waals surface area contributed by atoms with Crippen LogP contribution in [0.2, 0.25) is 0 Å². The van der Waals surface area contributed by atoms with E-state index in [-0.39, 0.29) is 12.1 Å². The van der Waals surface area contributed by atoms with Crippen molar-refractivity contribution in [1.29, 1.82) is 0 Å². The molecule has 0 bridgehead atoms. The molecule has 1 aromatic heterocycles. The zero-order valence-electron chi connectivity index (χ0n) is 14.4. The number of benzene rings is 1. The fraction of sp³-hybridized carbons (Fsp3) is 0.474. The predicted molar refractivity (Wildman–Crippen MR) is 97.6 cm³/mol. The van der Waals surface area contributed by atoms with Crippen LogP contribution in [0.3, 0.4) is 0 Å². The van der Waals surface area contributed by atoms with Gasteiger partial charge in [-0.25, -0.2) is 4.79 Å². The number of aromatic amines is 1. The van der Waals surface area contributed by atoms with Gasteiger partial charge >= 0.3 is 6.03 Å². The zero-order valence-corrected chi connectivity index (χ0v) is 14.4. The van der Waals surface area contributed by atoms with Crippen molar-refractivity contribution in [2.24, 2.45) is 0 Å². The molecule has 0 atom stereocenters. The van der Waals surface area contributed by atoms with Crippen molar-refractivity contribution in [2.45, 2.75) is 44.2 Å². The lowest BCUT2D eigenvalue weighted by atomic mass is 10.1. The number of nitrogens with zero attached hydrogens (tertiary/aromatic N) is 2. The monoisotopic (exact) mass is 339 g/mol. The van der Waals surface area contributed by atoms with Crippen molar-refractivity contribution in [3.8, 4) is 0 Å². The molecule has 132 valence electrons. The molecule has 25 heavy (non-hydrogen) atoms. The van der Waals surface area contributed by atoms with Gasteiger partial charge < -0.3 is 15.5 Å². The van der Waals surface area contributed by atoms with Gasteiger partial charge in [0.05, 0.1) is 0 Å². The standard InChI is InChI=1S/C19H25N5O/c25-19(20-13-14-4-2-1-3-5-14)21-16-8-10-24(11-9-16)18-12-17(22-23-18)15-6-7-15/h1-5,12,15-16H,6-11,13H2,(H,22,23)(H2,20,21,25). The minimum atomic E-state index is -0.0851. The fourth-order valence-electron chi connectivity index (χ4n) is 3.36. The van der Waals surface area contributed by atoms with Crippen molar-refractivity contribution >= 4 is 11.8 Å². The summed E-state index contributed by atoms with van der Waals surface area (Å²) in [5.41, 5.74) is 2.38. The number of hydrogen-bond donors (Lipinski definition) is 3. The van der Waals surface area contributed by atoms with Crippen LogP contribution in [0.1, 0.15) is 42.9 Å². The summed E-state index contributed by atoms with van der Waals surface area (Å²) in [6.45, 7) is 2.42. The highest BCUT2D eigenvalue weighted by Crippen LogP contribution is 2.40. The minimum absolute atomic E-state index is 0.0851. The van der Waals surface area contributed by atoms with E-state index in [1.54, 1.807) is 0 Å². The molecule has 0 spiro atoms. The molecule has 2 aliphatic rings. The molecular formula is C19H25N5O. The first-order valence-corrected chi connectivity index (χ1v) is 9.16. The lowest BCUT2D eigenvalue weighted by Crippen LogP contribution is -2.47. The molecule has 3 N–H and O–H groups in total. The molecule has 4 rings (SSSR count). The Morgan fingerprint density at radius 1 is 1.16 bits per heavy atom. The van der Waals surface area contributed by atoms with Crippen LogP contribution in [0.25, 0.3) is 0 Å². The Labute approximate surface area is 148 Å². The van der Waals surface area contributed by atoms with Crippen molar-refractivity contribution in [1.82, 2.24) is 20.8 Å². The maximum absolute atomic E-state index is 12.1. The number of H-pyrrole nitrogens is 1. The lowest BCUT2D eigenvalue weighted by molar-refractivity contribution is 0.234. The van der Waals surface area contributed by atoms with Crippen LogP contribution >= 0.6 is 0 Å². The van der Waals surface area contributed by atoms with Crippen LogP contribution in [-0.4, -0.2) is 35.4 Å². The van der Waals surface area contributed by atoms with E-state index in [4.69, 9.17) is 0 Å². The summed E-state index contributed by atoms with van der Waals surface area (Å²) >= 11 is 0. The van der Waals surface area contributed by atoms with E-state index in [1.165, 1.54) is 18.5 Å². The van der Waals surface area contributed by atoms with Crippen molar-refractivity contribution in [2.75, 3.05) is 18.0 Å². The van der Waals surface area contributed by atoms with E-state index >= 15 is 0 Å². The van der Waals surface area contributed by atoms with Crippen LogP contribution in [0, 0.1) is 0 Å². The minimum Gasteiger partial charge on any atom is -0.355 e. The van der Waals surface area contributed by atoms with Crippen LogP contribution in [0.4, 0.5) is 10.6 Å². The molecule has 1 saturated carbocycles. The molecular weight excluding hydrogens is 314 g/mol. The summed E-state index contributed by atoms with van der Waals surface area (Å²) in [5, 5.41) is 13.6. The second-order valence-electron chi connectivity index (χ2n) is 7.03. The molecule has 6 heteroatoms. The summed E-state index contributed by atoms with van der Waals surface area (Å²) in [6.07, 6.45) is 4.46. The van der Waals surface area contributed by atoms with Crippen LogP contribution < -0.4 is 15.5 Å². The first-order chi connectivity index (χ1) is 12.3. The van der Waals surface area contributed by atoms with Gasteiger partial charge in [-0.15, -0.1) is 0 Å². The highest BCUT2D eigenvalue weighted by atomic mass is 16.2.